The van der Waals surface area contributed by atoms with Gasteiger partial charge in [-0.1, -0.05) is 24.3 Å². The molecule has 1 heterocycles. The van der Waals surface area contributed by atoms with Crippen LogP contribution in [0.5, 0.6) is 11.5 Å². The van der Waals surface area contributed by atoms with E-state index in [4.69, 9.17) is 9.47 Å². The van der Waals surface area contributed by atoms with Gasteiger partial charge in [-0.3, -0.25) is 9.59 Å². The molecule has 1 saturated heterocycles. The lowest BCUT2D eigenvalue weighted by molar-refractivity contribution is -0.277. The number of carbonyl (C=O) groups is 2. The fourth-order valence-corrected chi connectivity index (χ4v) is 3.72. The van der Waals surface area contributed by atoms with E-state index in [1.54, 1.807) is 12.1 Å². The highest BCUT2D eigenvalue weighted by Crippen LogP contribution is 2.40. The zero-order valence-corrected chi connectivity index (χ0v) is 15.8. The number of aliphatic hydroxyl groups is 4. The quantitative estimate of drug-likeness (QED) is 0.386. The highest BCUT2D eigenvalue weighted by atomic mass is 16.7. The number of phenols is 1. The minimum atomic E-state index is -1.67. The van der Waals surface area contributed by atoms with E-state index in [9.17, 15) is 35.1 Å². The number of phenolic OH excluding ortho intramolecular Hbond substituents is 1. The summed E-state index contributed by atoms with van der Waals surface area (Å²) in [6.45, 7) is 0.816. The van der Waals surface area contributed by atoms with Crippen molar-refractivity contribution in [2.24, 2.45) is 0 Å². The molecular weight excluding hydrogens is 396 g/mol. The van der Waals surface area contributed by atoms with E-state index in [1.807, 2.05) is 0 Å². The van der Waals surface area contributed by atoms with E-state index in [1.165, 1.54) is 25.1 Å². The van der Waals surface area contributed by atoms with Gasteiger partial charge in [0.1, 0.15) is 35.9 Å². The maximum Gasteiger partial charge on any atom is 0.229 e. The van der Waals surface area contributed by atoms with Gasteiger partial charge >= 0.3 is 0 Å². The number of aliphatic hydroxyl groups excluding tert-OH is 4. The van der Waals surface area contributed by atoms with Crippen molar-refractivity contribution in [2.75, 3.05) is 6.61 Å². The third kappa shape index (κ3) is 2.99. The maximum absolute atomic E-state index is 12.9. The number of carbonyl (C=O) groups excluding carboxylic acids is 2. The number of hydrogen-bond donors (Lipinski definition) is 5. The fourth-order valence-electron chi connectivity index (χ4n) is 3.72. The number of aromatic hydroxyl groups is 1. The number of fused-ring (bicyclic) bond motifs is 2. The second-order valence-corrected chi connectivity index (χ2v) is 7.29. The number of ketones is 2. The van der Waals surface area contributed by atoms with Gasteiger partial charge in [-0.25, -0.2) is 0 Å². The second kappa shape index (κ2) is 7.46. The zero-order valence-electron chi connectivity index (χ0n) is 15.8. The van der Waals surface area contributed by atoms with Crippen molar-refractivity contribution >= 4 is 11.6 Å². The molecule has 1 fully saturated rings. The van der Waals surface area contributed by atoms with Crippen LogP contribution < -0.4 is 4.74 Å². The molecule has 0 aromatic heterocycles. The van der Waals surface area contributed by atoms with Gasteiger partial charge < -0.3 is 35.0 Å². The van der Waals surface area contributed by atoms with Crippen molar-refractivity contribution in [1.29, 1.82) is 0 Å². The highest BCUT2D eigenvalue weighted by Gasteiger charge is 2.45. The van der Waals surface area contributed by atoms with E-state index in [0.717, 1.165) is 0 Å². The van der Waals surface area contributed by atoms with Crippen LogP contribution in [-0.4, -0.2) is 74.4 Å². The van der Waals surface area contributed by atoms with E-state index in [-0.39, 0.29) is 33.6 Å². The molecule has 1 aliphatic heterocycles. The summed E-state index contributed by atoms with van der Waals surface area (Å²) < 4.78 is 10.9. The molecule has 1 aliphatic carbocycles. The summed E-state index contributed by atoms with van der Waals surface area (Å²) in [7, 11) is 0. The highest BCUT2D eigenvalue weighted by molar-refractivity contribution is 6.29. The molecule has 5 unspecified atom stereocenters. The first kappa shape index (κ1) is 20.5. The van der Waals surface area contributed by atoms with Gasteiger partial charge in [0.2, 0.25) is 6.29 Å². The Morgan fingerprint density at radius 3 is 2.23 bits per heavy atom. The third-order valence-corrected chi connectivity index (χ3v) is 5.49. The molecule has 4 rings (SSSR count). The summed E-state index contributed by atoms with van der Waals surface area (Å²) in [4.78, 5) is 25.7. The van der Waals surface area contributed by atoms with Crippen LogP contribution >= 0.6 is 0 Å². The molecule has 9 heteroatoms. The Kier molecular flexibility index (Phi) is 5.08. The van der Waals surface area contributed by atoms with Gasteiger partial charge in [-0.15, -0.1) is 0 Å². The number of hydrogen-bond acceptors (Lipinski definition) is 9. The van der Waals surface area contributed by atoms with Crippen LogP contribution in [-0.2, 0) is 4.74 Å². The smallest absolute Gasteiger partial charge is 0.229 e. The van der Waals surface area contributed by atoms with E-state index >= 15 is 0 Å². The van der Waals surface area contributed by atoms with Crippen molar-refractivity contribution < 1.29 is 44.6 Å². The fraction of sp³-hybridized carbons (Fsp3) is 0.333. The Morgan fingerprint density at radius 1 is 0.967 bits per heavy atom. The molecule has 2 aromatic carbocycles. The molecule has 0 bridgehead atoms. The zero-order chi connectivity index (χ0) is 21.7. The molecule has 158 valence electrons. The Hall–Kier alpha value is -2.82. The molecule has 2 aromatic rings. The average Bonchev–Trinajstić information content (AvgIpc) is 2.75. The minimum Gasteiger partial charge on any atom is -0.507 e. The van der Waals surface area contributed by atoms with Crippen LogP contribution in [0, 0.1) is 6.92 Å². The normalized spacial score (nSPS) is 28.1. The number of ether oxygens (including phenoxy) is 2. The SMILES string of the molecule is Cc1c(OC2OC(CO)C(O)C(O)C2O)cc2c(c1O)C(=O)c1ccccc1C2=O. The Bertz CT molecular complexity index is 1030. The third-order valence-electron chi connectivity index (χ3n) is 5.49. The lowest BCUT2D eigenvalue weighted by Crippen LogP contribution is -2.60. The van der Waals surface area contributed by atoms with E-state index in [0.29, 0.717) is 0 Å². The van der Waals surface area contributed by atoms with Gasteiger partial charge in [0.05, 0.1) is 12.2 Å². The van der Waals surface area contributed by atoms with Crippen molar-refractivity contribution in [1.82, 2.24) is 0 Å². The molecular formula is C21H20O9. The second-order valence-electron chi connectivity index (χ2n) is 7.29. The number of rotatable bonds is 3. The van der Waals surface area contributed by atoms with Crippen LogP contribution in [0.15, 0.2) is 30.3 Å². The minimum absolute atomic E-state index is 0.0592. The van der Waals surface area contributed by atoms with E-state index in [2.05, 4.69) is 0 Å². The largest absolute Gasteiger partial charge is 0.507 e. The van der Waals surface area contributed by atoms with Crippen LogP contribution in [0.3, 0.4) is 0 Å². The molecule has 0 radical (unpaired) electrons. The molecule has 0 spiro atoms. The van der Waals surface area contributed by atoms with Crippen LogP contribution in [0.25, 0.3) is 0 Å². The molecule has 30 heavy (non-hydrogen) atoms. The Morgan fingerprint density at radius 2 is 1.60 bits per heavy atom. The first-order chi connectivity index (χ1) is 14.3. The monoisotopic (exact) mass is 416 g/mol. The van der Waals surface area contributed by atoms with Gasteiger partial charge in [0.15, 0.2) is 11.6 Å². The molecule has 5 N–H and O–H groups in total. The van der Waals surface area contributed by atoms with Crippen LogP contribution in [0.2, 0.25) is 0 Å². The molecule has 2 aliphatic rings. The van der Waals surface area contributed by atoms with Crippen molar-refractivity contribution in [3.05, 3.63) is 58.1 Å². The predicted molar refractivity (Wildman–Crippen MR) is 101 cm³/mol. The summed E-state index contributed by atoms with van der Waals surface area (Å²) in [5, 5.41) is 49.9. The standard InChI is InChI=1S/C21H20O9/c1-8-12(29-21-20(28)19(27)18(26)13(7-22)30-21)6-11-14(15(8)23)17(25)10-5-3-2-4-9(10)16(11)24/h2-6,13,18-23,26-28H,7H2,1H3. The summed E-state index contributed by atoms with van der Waals surface area (Å²) in [6.07, 6.45) is -7.56. The van der Waals surface area contributed by atoms with Gasteiger partial charge in [0, 0.05) is 22.3 Å². The first-order valence-electron chi connectivity index (χ1n) is 9.28. The van der Waals surface area contributed by atoms with Gasteiger partial charge in [-0.2, -0.15) is 0 Å². The Balaban J connectivity index is 1.74. The summed E-state index contributed by atoms with van der Waals surface area (Å²) in [5.74, 6) is -1.48. The van der Waals surface area contributed by atoms with E-state index < -0.39 is 54.6 Å². The molecule has 5 atom stereocenters. The maximum atomic E-state index is 12.9. The summed E-state index contributed by atoms with van der Waals surface area (Å²) >= 11 is 0. The van der Waals surface area contributed by atoms with Gasteiger partial charge in [0.25, 0.3) is 0 Å². The Labute approximate surface area is 170 Å². The molecule has 9 nitrogen and oxygen atoms in total. The summed E-state index contributed by atoms with van der Waals surface area (Å²) in [6, 6.07) is 7.52. The van der Waals surface area contributed by atoms with Crippen molar-refractivity contribution in [2.45, 2.75) is 37.6 Å². The van der Waals surface area contributed by atoms with Crippen LogP contribution in [0.1, 0.15) is 37.4 Å². The van der Waals surface area contributed by atoms with Crippen molar-refractivity contribution in [3.63, 3.8) is 0 Å². The summed E-state index contributed by atoms with van der Waals surface area (Å²) in [5.41, 5.74) is 0.286. The molecule has 0 saturated carbocycles. The average molecular weight is 416 g/mol. The lowest BCUT2D eigenvalue weighted by Gasteiger charge is -2.39. The predicted octanol–water partition coefficient (Wildman–Crippen LogP) is -0.345. The van der Waals surface area contributed by atoms with Gasteiger partial charge in [-0.05, 0) is 13.0 Å². The van der Waals surface area contributed by atoms with Crippen LogP contribution in [0.4, 0.5) is 0 Å². The van der Waals surface area contributed by atoms with Crippen molar-refractivity contribution in [3.8, 4) is 11.5 Å². The number of benzene rings is 2. The first-order valence-corrected chi connectivity index (χ1v) is 9.28. The topological polar surface area (TPSA) is 154 Å². The lowest BCUT2D eigenvalue weighted by atomic mass is 9.82. The molecule has 0 amide bonds.